The molecule has 2 saturated carbocycles. The Kier molecular flexibility index (Phi) is 9.67. The number of carbonyl (C=O) groups is 3. The fourth-order valence-corrected chi connectivity index (χ4v) is 8.12. The summed E-state index contributed by atoms with van der Waals surface area (Å²) in [7, 11) is 0. The van der Waals surface area contributed by atoms with Gasteiger partial charge in [0.15, 0.2) is 6.04 Å². The number of halogens is 1. The highest BCUT2D eigenvalue weighted by atomic mass is 19.1. The summed E-state index contributed by atoms with van der Waals surface area (Å²) in [5, 5.41) is 16.9. The molecule has 1 aliphatic heterocycles. The largest absolute Gasteiger partial charge is 0.444 e. The summed E-state index contributed by atoms with van der Waals surface area (Å²) in [6.45, 7) is 5.11. The number of alkyl carbamates (subject to hydrolysis) is 1. The molecule has 2 aliphatic carbocycles. The lowest BCUT2D eigenvalue weighted by Crippen LogP contribution is -2.65. The van der Waals surface area contributed by atoms with Crippen LogP contribution in [0.2, 0.25) is 0 Å². The van der Waals surface area contributed by atoms with Crippen molar-refractivity contribution >= 4 is 23.6 Å². The van der Waals surface area contributed by atoms with Crippen LogP contribution in [0.25, 0.3) is 11.4 Å². The van der Waals surface area contributed by atoms with Gasteiger partial charge in [0.2, 0.25) is 5.82 Å². The normalized spacial score (nSPS) is 28.7. The summed E-state index contributed by atoms with van der Waals surface area (Å²) in [4.78, 5) is 40.6. The van der Waals surface area contributed by atoms with E-state index in [2.05, 4.69) is 25.9 Å². The number of aromatic amines is 1. The van der Waals surface area contributed by atoms with Crippen molar-refractivity contribution in [3.8, 4) is 11.4 Å². The highest BCUT2D eigenvalue weighted by Crippen LogP contribution is 2.47. The number of primary amides is 1. The summed E-state index contributed by atoms with van der Waals surface area (Å²) in [6, 6.07) is 6.21. The van der Waals surface area contributed by atoms with E-state index < -0.39 is 36.4 Å². The maximum atomic E-state index is 14.8. The lowest BCUT2D eigenvalue weighted by Gasteiger charge is -2.42. The van der Waals surface area contributed by atoms with Crippen LogP contribution in [0.3, 0.4) is 0 Å². The van der Waals surface area contributed by atoms with Gasteiger partial charge < -0.3 is 15.8 Å². The molecule has 1 aromatic heterocycles. The van der Waals surface area contributed by atoms with Crippen molar-refractivity contribution < 1.29 is 23.5 Å². The number of benzene rings is 1. The number of nitrogens with zero attached hydrogens (tertiary/aromatic N) is 4. The second kappa shape index (κ2) is 13.3. The maximum absolute atomic E-state index is 14.8. The van der Waals surface area contributed by atoms with Crippen LogP contribution in [-0.2, 0) is 14.3 Å². The maximum Gasteiger partial charge on any atom is 0.407 e. The number of tetrazole rings is 1. The summed E-state index contributed by atoms with van der Waals surface area (Å²) in [5.74, 6) is 0.0162. The highest BCUT2D eigenvalue weighted by molar-refractivity contribution is 5.98. The second-order valence-corrected chi connectivity index (χ2v) is 13.9. The van der Waals surface area contributed by atoms with Gasteiger partial charge in [-0.15, -0.1) is 10.2 Å². The van der Waals surface area contributed by atoms with E-state index in [-0.39, 0.29) is 28.1 Å². The van der Waals surface area contributed by atoms with Gasteiger partial charge in [-0.3, -0.25) is 4.79 Å². The molecule has 240 valence electrons. The van der Waals surface area contributed by atoms with Gasteiger partial charge in [-0.25, -0.2) is 18.5 Å². The van der Waals surface area contributed by atoms with Crippen molar-refractivity contribution in [1.82, 2.24) is 30.4 Å². The van der Waals surface area contributed by atoms with Gasteiger partial charge in [0, 0.05) is 30.0 Å². The van der Waals surface area contributed by atoms with Crippen LogP contribution in [0.15, 0.2) is 24.3 Å². The summed E-state index contributed by atoms with van der Waals surface area (Å²) in [6.07, 6.45) is 7.99. The van der Waals surface area contributed by atoms with Crippen molar-refractivity contribution in [2.75, 3.05) is 13.2 Å². The molecular weight excluding hydrogens is 565 g/mol. The third kappa shape index (κ3) is 6.64. The molecule has 2 aromatic rings. The predicted molar refractivity (Wildman–Crippen MR) is 164 cm³/mol. The highest BCUT2D eigenvalue weighted by Gasteiger charge is 2.60. The first-order valence-corrected chi connectivity index (χ1v) is 16.1. The van der Waals surface area contributed by atoms with Crippen LogP contribution in [-0.4, -0.2) is 69.4 Å². The summed E-state index contributed by atoms with van der Waals surface area (Å²) in [5.41, 5.74) is 7.04. The number of nitrogens with two attached hydrogens (primary N) is 1. The fourth-order valence-electron chi connectivity index (χ4n) is 8.12. The molecule has 3 fully saturated rings. The Labute approximate surface area is 258 Å². The Morgan fingerprint density at radius 3 is 2.30 bits per heavy atom. The number of aromatic nitrogens is 4. The molecule has 44 heavy (non-hydrogen) atoms. The number of likely N-dealkylation sites (tertiary alicyclic amines) is 1. The van der Waals surface area contributed by atoms with Gasteiger partial charge >= 0.3 is 12.0 Å². The van der Waals surface area contributed by atoms with E-state index in [9.17, 15) is 18.8 Å². The topological polar surface area (TPSA) is 153 Å². The predicted octanol–water partition coefficient (Wildman–Crippen LogP) is 4.82. The number of carbonyl (C=O) groups excluding carboxylic acids is 3. The van der Waals surface area contributed by atoms with E-state index in [1.165, 1.54) is 6.42 Å². The number of amides is 3. The Hall–Kier alpha value is -3.41. The minimum atomic E-state index is -0.706. The molecule has 1 aromatic carbocycles. The van der Waals surface area contributed by atoms with Gasteiger partial charge in [0.25, 0.3) is 5.91 Å². The third-order valence-electron chi connectivity index (χ3n) is 10.1. The molecule has 11 nitrogen and oxygen atoms in total. The van der Waals surface area contributed by atoms with Crippen molar-refractivity contribution in [1.29, 1.82) is 0 Å². The Balaban J connectivity index is 1.40. The first-order chi connectivity index (χ1) is 21.0. The van der Waals surface area contributed by atoms with Gasteiger partial charge in [0.05, 0.1) is 18.5 Å². The first-order valence-electron chi connectivity index (χ1n) is 16.1. The minimum absolute atomic E-state index is 0.00905. The van der Waals surface area contributed by atoms with Crippen LogP contribution < -0.4 is 15.5 Å². The molecule has 5 rings (SSSR count). The van der Waals surface area contributed by atoms with Crippen molar-refractivity contribution in [3.05, 3.63) is 24.3 Å². The average Bonchev–Trinajstić information content (AvgIpc) is 3.69. The molecule has 1 unspecified atom stereocenters. The van der Waals surface area contributed by atoms with Crippen LogP contribution in [0.1, 0.15) is 85.0 Å². The number of rotatable bonds is 8. The van der Waals surface area contributed by atoms with Crippen molar-refractivity contribution in [2.24, 2.45) is 29.4 Å². The van der Waals surface area contributed by atoms with E-state index in [0.717, 1.165) is 43.4 Å². The minimum Gasteiger partial charge on any atom is -0.444 e. The molecule has 12 heteroatoms. The molecule has 4 atom stereocenters. The molecule has 1 saturated heterocycles. The van der Waals surface area contributed by atoms with E-state index in [0.29, 0.717) is 44.0 Å². The molecule has 2 heterocycles. The fraction of sp³-hybridized carbons (Fsp3) is 0.688. The lowest BCUT2D eigenvalue weighted by atomic mass is 9.75. The summed E-state index contributed by atoms with van der Waals surface area (Å²) < 4.78 is 19.4. The Bertz CT molecular complexity index is 1280. The van der Waals surface area contributed by atoms with Gasteiger partial charge in [-0.1, -0.05) is 19.3 Å². The zero-order valence-corrected chi connectivity index (χ0v) is 26.1. The standard InChI is InChI=1S/C32H46FN7O4/c1-32(2,3)44-31(43)35-26(19-33)21-9-11-23(12-10-21)30(42)40(24-15-13-22(14-16-24)29-36-38-39-37-29)18-17-25(27(40)28(34)41)20-7-5-4-6-8-20/h13-16,20-21,23,25-27H,4-12,17-19H2,1-3H3,(H3-,34,35,36,37,38,39,41,43)/p+1/t21?,23?,25-,26+,27-,40?/m0/s1. The quantitative estimate of drug-likeness (QED) is 0.361. The van der Waals surface area contributed by atoms with Crippen LogP contribution >= 0.6 is 0 Å². The number of quaternary nitrogens is 1. The molecule has 3 amide bonds. The molecule has 3 aliphatic rings. The number of H-pyrrole nitrogens is 1. The molecule has 0 radical (unpaired) electrons. The smallest absolute Gasteiger partial charge is 0.407 e. The van der Waals surface area contributed by atoms with Crippen molar-refractivity contribution in [3.63, 3.8) is 0 Å². The van der Waals surface area contributed by atoms with E-state index >= 15 is 0 Å². The Morgan fingerprint density at radius 1 is 1.05 bits per heavy atom. The number of hydrogen-bond acceptors (Lipinski definition) is 7. The number of nitrogens with one attached hydrogen (secondary N) is 2. The zero-order chi connectivity index (χ0) is 31.5. The van der Waals surface area contributed by atoms with Gasteiger partial charge in [-0.2, -0.15) is 5.21 Å². The van der Waals surface area contributed by atoms with E-state index in [4.69, 9.17) is 10.5 Å². The third-order valence-corrected chi connectivity index (χ3v) is 10.1. The zero-order valence-electron chi connectivity index (χ0n) is 26.1. The summed E-state index contributed by atoms with van der Waals surface area (Å²) >= 11 is 0. The number of alkyl halides is 1. The van der Waals surface area contributed by atoms with Gasteiger partial charge in [0.1, 0.15) is 18.0 Å². The second-order valence-electron chi connectivity index (χ2n) is 13.9. The molecule has 0 spiro atoms. The van der Waals surface area contributed by atoms with E-state index in [1.807, 2.05) is 24.3 Å². The monoisotopic (exact) mass is 612 g/mol. The lowest BCUT2D eigenvalue weighted by molar-refractivity contribution is -0.142. The molecule has 0 bridgehead atoms. The molecular formula is C32H47FN7O4+. The van der Waals surface area contributed by atoms with Crippen molar-refractivity contribution in [2.45, 2.75) is 103 Å². The van der Waals surface area contributed by atoms with Crippen LogP contribution in [0.5, 0.6) is 0 Å². The number of hydrogen-bond donors (Lipinski definition) is 3. The van der Waals surface area contributed by atoms with Crippen LogP contribution in [0, 0.1) is 23.7 Å². The van der Waals surface area contributed by atoms with Crippen LogP contribution in [0.4, 0.5) is 14.9 Å². The average molecular weight is 613 g/mol. The Morgan fingerprint density at radius 2 is 1.73 bits per heavy atom. The first kappa shape index (κ1) is 32.0. The van der Waals surface area contributed by atoms with Gasteiger partial charge in [-0.05, 0) is 88.5 Å². The molecule has 4 N–H and O–H groups in total. The number of ether oxygens (including phenoxy) is 1. The SMILES string of the molecule is CC(C)(C)OC(=O)N[C@H](CF)C1CCC(C(=O)[N+]2(c3ccc(-c4nn[nH]n4)cc3)CC[C@@H](C3CCCCC3)[C@H]2C(N)=O)CC1. The van der Waals surface area contributed by atoms with E-state index in [1.54, 1.807) is 20.8 Å².